The molecule has 3 aromatic rings. The van der Waals surface area contributed by atoms with Gasteiger partial charge in [0.1, 0.15) is 0 Å². The van der Waals surface area contributed by atoms with Crippen LogP contribution in [0.1, 0.15) is 41.5 Å². The fraction of sp³-hybridized carbons (Fsp3) is 0.345. The highest BCUT2D eigenvalue weighted by Gasteiger charge is 2.71. The van der Waals surface area contributed by atoms with E-state index in [1.165, 1.54) is 12.1 Å². The predicted molar refractivity (Wildman–Crippen MR) is 130 cm³/mol. The first-order valence-electron chi connectivity index (χ1n) is 12.1. The van der Waals surface area contributed by atoms with Gasteiger partial charge in [-0.3, -0.25) is 4.79 Å². The number of aryl methyl sites for hydroxylation is 1. The number of halogens is 6. The summed E-state index contributed by atoms with van der Waals surface area (Å²) < 4.78 is 80.1. The van der Waals surface area contributed by atoms with E-state index in [0.29, 0.717) is 30.7 Å². The topological polar surface area (TPSA) is 40.5 Å². The molecule has 1 aliphatic heterocycles. The Labute approximate surface area is 216 Å². The molecule has 0 saturated carbocycles. The molecule has 4 rings (SSSR count). The fourth-order valence-corrected chi connectivity index (χ4v) is 5.27. The van der Waals surface area contributed by atoms with Crippen molar-refractivity contribution in [3.8, 4) is 0 Å². The Hall–Kier alpha value is -3.33. The lowest BCUT2D eigenvalue weighted by atomic mass is 9.71. The van der Waals surface area contributed by atoms with Crippen LogP contribution in [0.4, 0.5) is 26.3 Å². The third-order valence-electron chi connectivity index (χ3n) is 7.50. The molecule has 1 saturated heterocycles. The summed E-state index contributed by atoms with van der Waals surface area (Å²) >= 11 is 0. The normalized spacial score (nSPS) is 20.5. The van der Waals surface area contributed by atoms with Gasteiger partial charge in [0, 0.05) is 36.4 Å². The summed E-state index contributed by atoms with van der Waals surface area (Å²) in [5.74, 6) is -0.483. The van der Waals surface area contributed by atoms with Gasteiger partial charge in [0.2, 0.25) is 5.91 Å². The number of alkyl halides is 6. The molecule has 1 fully saturated rings. The second-order valence-electron chi connectivity index (χ2n) is 9.92. The Balaban J connectivity index is 1.65. The van der Waals surface area contributed by atoms with E-state index in [2.05, 4.69) is 0 Å². The van der Waals surface area contributed by atoms with Gasteiger partial charge in [0.05, 0.1) is 0 Å². The quantitative estimate of drug-likeness (QED) is 0.366. The second kappa shape index (κ2) is 10.1. The van der Waals surface area contributed by atoms with Crippen LogP contribution in [0.2, 0.25) is 0 Å². The van der Waals surface area contributed by atoms with Crippen molar-refractivity contribution >= 4 is 5.91 Å². The second-order valence-corrected chi connectivity index (χ2v) is 9.92. The van der Waals surface area contributed by atoms with E-state index in [-0.39, 0.29) is 18.9 Å². The molecular weight excluding hydrogens is 508 g/mol. The van der Waals surface area contributed by atoms with Gasteiger partial charge in [0.15, 0.2) is 0 Å². The lowest BCUT2D eigenvalue weighted by Gasteiger charge is -2.34. The standard InChI is InChI=1S/C29H27F6NO2/c1-26(22-10-6-3-7-11-22)19-36(25(37)17-12-20-8-4-2-5-9-20)18-24(26)21-13-15-23(16-14-21)27(38,28(30,31)32)29(33,34)35/h2-11,13-16,24,38H,12,17-19H2,1H3/t24-,26+/m0/s1. The summed E-state index contributed by atoms with van der Waals surface area (Å²) in [4.78, 5) is 14.9. The van der Waals surface area contributed by atoms with Crippen LogP contribution in [0.25, 0.3) is 0 Å². The summed E-state index contributed by atoms with van der Waals surface area (Å²) in [5.41, 5.74) is -4.55. The van der Waals surface area contributed by atoms with Crippen molar-refractivity contribution in [2.75, 3.05) is 13.1 Å². The van der Waals surface area contributed by atoms with Gasteiger partial charge in [-0.05, 0) is 23.1 Å². The SMILES string of the molecule is C[C@]1(c2ccccc2)CN(C(=O)CCc2ccccc2)C[C@H]1c1ccc(C(O)(C(F)(F)F)C(F)(F)F)cc1. The number of hydrogen-bond donors (Lipinski definition) is 1. The summed E-state index contributed by atoms with van der Waals surface area (Å²) in [5, 5.41) is 9.76. The van der Waals surface area contributed by atoms with E-state index < -0.39 is 34.8 Å². The molecule has 1 N–H and O–H groups in total. The maximum Gasteiger partial charge on any atom is 0.430 e. The van der Waals surface area contributed by atoms with Crippen LogP contribution in [-0.2, 0) is 22.2 Å². The van der Waals surface area contributed by atoms with Crippen LogP contribution in [0.3, 0.4) is 0 Å². The van der Waals surface area contributed by atoms with E-state index in [1.807, 2.05) is 67.6 Å². The maximum absolute atomic E-state index is 13.4. The Bertz CT molecular complexity index is 1230. The first-order chi connectivity index (χ1) is 17.8. The van der Waals surface area contributed by atoms with Crippen LogP contribution >= 0.6 is 0 Å². The van der Waals surface area contributed by atoms with Crippen LogP contribution in [-0.4, -0.2) is 41.4 Å². The van der Waals surface area contributed by atoms with Gasteiger partial charge in [0.25, 0.3) is 5.60 Å². The largest absolute Gasteiger partial charge is 0.430 e. The molecule has 0 radical (unpaired) electrons. The smallest absolute Gasteiger partial charge is 0.369 e. The Morgan fingerprint density at radius 3 is 1.92 bits per heavy atom. The van der Waals surface area contributed by atoms with Crippen molar-refractivity contribution in [2.45, 2.75) is 49.1 Å². The van der Waals surface area contributed by atoms with E-state index in [0.717, 1.165) is 11.1 Å². The molecule has 1 amide bonds. The molecule has 9 heteroatoms. The monoisotopic (exact) mass is 535 g/mol. The zero-order valence-corrected chi connectivity index (χ0v) is 20.6. The minimum atomic E-state index is -5.96. The molecule has 1 aliphatic rings. The van der Waals surface area contributed by atoms with Crippen molar-refractivity contribution in [2.24, 2.45) is 0 Å². The average molecular weight is 536 g/mol. The highest BCUT2D eigenvalue weighted by Crippen LogP contribution is 2.51. The molecule has 202 valence electrons. The fourth-order valence-electron chi connectivity index (χ4n) is 5.27. The molecule has 0 spiro atoms. The van der Waals surface area contributed by atoms with Crippen molar-refractivity contribution in [1.82, 2.24) is 4.90 Å². The highest BCUT2D eigenvalue weighted by atomic mass is 19.4. The minimum absolute atomic E-state index is 0.0846. The first-order valence-corrected chi connectivity index (χ1v) is 12.1. The third-order valence-corrected chi connectivity index (χ3v) is 7.50. The number of benzene rings is 3. The zero-order chi connectivity index (χ0) is 27.8. The van der Waals surface area contributed by atoms with E-state index in [1.54, 1.807) is 4.90 Å². The highest BCUT2D eigenvalue weighted by molar-refractivity contribution is 5.77. The average Bonchev–Trinajstić information content (AvgIpc) is 3.25. The summed E-state index contributed by atoms with van der Waals surface area (Å²) in [6.45, 7) is 2.53. The molecule has 3 aromatic carbocycles. The van der Waals surface area contributed by atoms with E-state index >= 15 is 0 Å². The minimum Gasteiger partial charge on any atom is -0.369 e. The lowest BCUT2D eigenvalue weighted by molar-refractivity contribution is -0.376. The number of likely N-dealkylation sites (tertiary alicyclic amines) is 1. The molecule has 3 nitrogen and oxygen atoms in total. The van der Waals surface area contributed by atoms with Gasteiger partial charge >= 0.3 is 12.4 Å². The Kier molecular flexibility index (Phi) is 7.36. The summed E-state index contributed by atoms with van der Waals surface area (Å²) in [6, 6.07) is 22.5. The van der Waals surface area contributed by atoms with Gasteiger partial charge < -0.3 is 10.0 Å². The Morgan fingerprint density at radius 1 is 0.868 bits per heavy atom. The maximum atomic E-state index is 13.4. The number of aliphatic hydroxyl groups is 1. The van der Waals surface area contributed by atoms with Gasteiger partial charge in [-0.15, -0.1) is 0 Å². The summed E-state index contributed by atoms with van der Waals surface area (Å²) in [6.07, 6.45) is -11.1. The third kappa shape index (κ3) is 5.04. The summed E-state index contributed by atoms with van der Waals surface area (Å²) in [7, 11) is 0. The molecule has 0 aromatic heterocycles. The molecule has 1 heterocycles. The predicted octanol–water partition coefficient (Wildman–Crippen LogP) is 6.52. The molecule has 38 heavy (non-hydrogen) atoms. The van der Waals surface area contributed by atoms with Crippen LogP contribution in [0.5, 0.6) is 0 Å². The number of amides is 1. The molecule has 2 atom stereocenters. The van der Waals surface area contributed by atoms with Crippen molar-refractivity contribution in [3.05, 3.63) is 107 Å². The number of carbonyl (C=O) groups is 1. The molecular formula is C29H27F6NO2. The Morgan fingerprint density at radius 2 is 1.39 bits per heavy atom. The number of hydrogen-bond acceptors (Lipinski definition) is 2. The van der Waals surface area contributed by atoms with Crippen LogP contribution in [0, 0.1) is 0 Å². The first kappa shape index (κ1) is 27.7. The molecule has 0 bridgehead atoms. The van der Waals surface area contributed by atoms with Crippen molar-refractivity contribution in [3.63, 3.8) is 0 Å². The van der Waals surface area contributed by atoms with Crippen LogP contribution < -0.4 is 0 Å². The number of rotatable bonds is 6. The molecule has 0 unspecified atom stereocenters. The van der Waals surface area contributed by atoms with Gasteiger partial charge in [-0.2, -0.15) is 26.3 Å². The lowest BCUT2D eigenvalue weighted by Crippen LogP contribution is -2.53. The van der Waals surface area contributed by atoms with E-state index in [4.69, 9.17) is 0 Å². The van der Waals surface area contributed by atoms with Gasteiger partial charge in [-0.1, -0.05) is 91.9 Å². The van der Waals surface area contributed by atoms with Crippen LogP contribution in [0.15, 0.2) is 84.9 Å². The van der Waals surface area contributed by atoms with Gasteiger partial charge in [-0.25, -0.2) is 0 Å². The van der Waals surface area contributed by atoms with Crippen molar-refractivity contribution < 1.29 is 36.2 Å². The number of nitrogens with zero attached hydrogens (tertiary/aromatic N) is 1. The van der Waals surface area contributed by atoms with E-state index in [9.17, 15) is 36.2 Å². The zero-order valence-electron chi connectivity index (χ0n) is 20.6. The van der Waals surface area contributed by atoms with Crippen molar-refractivity contribution in [1.29, 1.82) is 0 Å². The molecule has 0 aliphatic carbocycles. The number of carbonyl (C=O) groups excluding carboxylic acids is 1.